The average Bonchev–Trinajstić information content (AvgIpc) is 2.99. The van der Waals surface area contributed by atoms with Crippen molar-refractivity contribution in [1.29, 1.82) is 0 Å². The zero-order valence-corrected chi connectivity index (χ0v) is 19.4. The largest absolute Gasteiger partial charge is 0.490 e. The summed E-state index contributed by atoms with van der Waals surface area (Å²) in [7, 11) is 0. The fourth-order valence-corrected chi connectivity index (χ4v) is 3.58. The molecule has 146 valence electrons. The molecule has 0 atom stereocenters. The quantitative estimate of drug-likeness (QED) is 0.265. The number of cyclic esters (lactones) is 1. The summed E-state index contributed by atoms with van der Waals surface area (Å²) >= 11 is 5.59. The monoisotopic (exact) mass is 555 g/mol. The summed E-state index contributed by atoms with van der Waals surface area (Å²) in [5, 5.41) is 0. The van der Waals surface area contributed by atoms with Crippen LogP contribution in [0.15, 0.2) is 51.6 Å². The average molecular weight is 556 g/mol. The van der Waals surface area contributed by atoms with Gasteiger partial charge in [-0.05, 0) is 91.4 Å². The number of nitrogens with zero attached hydrogens (tertiary/aromatic N) is 1. The normalized spacial score (nSPS) is 15.0. The zero-order chi connectivity index (χ0) is 20.3. The smallest absolute Gasteiger partial charge is 0.363 e. The van der Waals surface area contributed by atoms with Gasteiger partial charge in [0.05, 0.1) is 16.3 Å². The summed E-state index contributed by atoms with van der Waals surface area (Å²) < 4.78 is 18.8. The number of halogens is 2. The van der Waals surface area contributed by atoms with Gasteiger partial charge in [-0.1, -0.05) is 15.9 Å². The Morgan fingerprint density at radius 3 is 2.61 bits per heavy atom. The number of esters is 1. The van der Waals surface area contributed by atoms with E-state index in [1.807, 2.05) is 57.2 Å². The Balaban J connectivity index is 1.95. The molecule has 2 aromatic carbocycles. The van der Waals surface area contributed by atoms with Crippen molar-refractivity contribution < 1.29 is 19.0 Å². The molecule has 1 aliphatic rings. The predicted octanol–water partition coefficient (Wildman–Crippen LogP) is 5.58. The van der Waals surface area contributed by atoms with Crippen molar-refractivity contribution in [3.8, 4) is 11.5 Å². The second-order valence-electron chi connectivity index (χ2n) is 6.27. The number of hydrogen-bond donors (Lipinski definition) is 0. The summed E-state index contributed by atoms with van der Waals surface area (Å²) in [5.41, 5.74) is 1.77. The molecular weight excluding hydrogens is 537 g/mol. The molecule has 1 aliphatic heterocycles. The van der Waals surface area contributed by atoms with Gasteiger partial charge >= 0.3 is 5.97 Å². The number of aliphatic imine (C=N–C) groups is 1. The lowest BCUT2D eigenvalue weighted by Crippen LogP contribution is -2.09. The molecule has 0 bridgehead atoms. The van der Waals surface area contributed by atoms with Crippen molar-refractivity contribution in [1.82, 2.24) is 0 Å². The standard InChI is InChI=1S/C21H19BrINO4/c1-4-26-18-11-13(9-16(23)19(18)27-12(2)3)10-17-21(25)28-20(24-17)14-5-7-15(22)8-6-14/h5-12H,4H2,1-3H3/b17-10-. The molecule has 0 N–H and O–H groups in total. The van der Waals surface area contributed by atoms with Crippen LogP contribution in [0, 0.1) is 3.57 Å². The van der Waals surface area contributed by atoms with E-state index in [0.717, 1.165) is 19.2 Å². The minimum atomic E-state index is -0.478. The highest BCUT2D eigenvalue weighted by Gasteiger charge is 2.24. The molecule has 0 saturated heterocycles. The first kappa shape index (κ1) is 20.9. The third-order valence-corrected chi connectivity index (χ3v) is 5.03. The van der Waals surface area contributed by atoms with Gasteiger partial charge in [0.2, 0.25) is 5.90 Å². The van der Waals surface area contributed by atoms with Gasteiger partial charge in [0.25, 0.3) is 0 Å². The lowest BCUT2D eigenvalue weighted by atomic mass is 10.1. The van der Waals surface area contributed by atoms with Gasteiger partial charge < -0.3 is 14.2 Å². The maximum Gasteiger partial charge on any atom is 0.363 e. The Labute approximate surface area is 186 Å². The van der Waals surface area contributed by atoms with Gasteiger partial charge in [-0.2, -0.15) is 0 Å². The summed E-state index contributed by atoms with van der Waals surface area (Å²) in [6, 6.07) is 11.2. The van der Waals surface area contributed by atoms with Crippen LogP contribution >= 0.6 is 38.5 Å². The number of ether oxygens (including phenoxy) is 3. The van der Waals surface area contributed by atoms with Crippen LogP contribution in [-0.2, 0) is 9.53 Å². The van der Waals surface area contributed by atoms with Crippen LogP contribution < -0.4 is 9.47 Å². The van der Waals surface area contributed by atoms with Gasteiger partial charge in [-0.15, -0.1) is 0 Å². The van der Waals surface area contributed by atoms with E-state index in [2.05, 4.69) is 43.5 Å². The lowest BCUT2D eigenvalue weighted by molar-refractivity contribution is -0.129. The third kappa shape index (κ3) is 4.94. The Morgan fingerprint density at radius 2 is 1.96 bits per heavy atom. The number of hydrogen-bond acceptors (Lipinski definition) is 5. The molecule has 28 heavy (non-hydrogen) atoms. The Morgan fingerprint density at radius 1 is 1.25 bits per heavy atom. The first-order valence-corrected chi connectivity index (χ1v) is 10.7. The van der Waals surface area contributed by atoms with E-state index < -0.39 is 5.97 Å². The molecule has 1 heterocycles. The van der Waals surface area contributed by atoms with Crippen LogP contribution in [0.5, 0.6) is 11.5 Å². The van der Waals surface area contributed by atoms with Crippen molar-refractivity contribution in [3.63, 3.8) is 0 Å². The van der Waals surface area contributed by atoms with Crippen molar-refractivity contribution in [2.45, 2.75) is 26.9 Å². The van der Waals surface area contributed by atoms with E-state index in [0.29, 0.717) is 24.0 Å². The Bertz CT molecular complexity index is 952. The van der Waals surface area contributed by atoms with E-state index in [9.17, 15) is 4.79 Å². The molecule has 0 amide bonds. The van der Waals surface area contributed by atoms with Crippen LogP contribution in [0.1, 0.15) is 31.9 Å². The molecule has 0 saturated carbocycles. The number of benzene rings is 2. The molecule has 3 rings (SSSR count). The van der Waals surface area contributed by atoms with Crippen LogP contribution in [-0.4, -0.2) is 24.6 Å². The van der Waals surface area contributed by atoms with Gasteiger partial charge in [-0.25, -0.2) is 9.79 Å². The number of carbonyl (C=O) groups is 1. The van der Waals surface area contributed by atoms with Crippen LogP contribution in [0.3, 0.4) is 0 Å². The third-order valence-electron chi connectivity index (χ3n) is 3.70. The maximum atomic E-state index is 12.3. The van der Waals surface area contributed by atoms with Crippen LogP contribution in [0.25, 0.3) is 6.08 Å². The minimum absolute atomic E-state index is 0.0276. The first-order chi connectivity index (χ1) is 13.4. The van der Waals surface area contributed by atoms with Crippen molar-refractivity contribution in [2.75, 3.05) is 6.61 Å². The number of carbonyl (C=O) groups excluding carboxylic acids is 1. The SMILES string of the molecule is CCOc1cc(/C=C2\N=C(c3ccc(Br)cc3)OC2=O)cc(I)c1OC(C)C. The van der Waals surface area contributed by atoms with Crippen molar-refractivity contribution >= 4 is 56.5 Å². The van der Waals surface area contributed by atoms with E-state index in [4.69, 9.17) is 14.2 Å². The molecule has 0 aliphatic carbocycles. The van der Waals surface area contributed by atoms with Gasteiger partial charge in [0.1, 0.15) is 0 Å². The first-order valence-electron chi connectivity index (χ1n) is 8.79. The Kier molecular flexibility index (Phi) is 6.77. The Hall–Kier alpha value is -1.87. The summed E-state index contributed by atoms with van der Waals surface area (Å²) in [6.45, 7) is 6.36. The molecule has 0 fully saturated rings. The van der Waals surface area contributed by atoms with E-state index in [1.54, 1.807) is 6.08 Å². The zero-order valence-electron chi connectivity index (χ0n) is 15.7. The summed E-state index contributed by atoms with van der Waals surface area (Å²) in [6.07, 6.45) is 1.72. The second-order valence-corrected chi connectivity index (χ2v) is 8.35. The predicted molar refractivity (Wildman–Crippen MR) is 121 cm³/mol. The molecule has 7 heteroatoms. The highest BCUT2D eigenvalue weighted by atomic mass is 127. The topological polar surface area (TPSA) is 57.1 Å². The van der Waals surface area contributed by atoms with Gasteiger partial charge in [0.15, 0.2) is 17.2 Å². The summed E-state index contributed by atoms with van der Waals surface area (Å²) in [5.74, 6) is 1.16. The molecular formula is C21H19BrINO4. The fourth-order valence-electron chi connectivity index (χ4n) is 2.57. The van der Waals surface area contributed by atoms with Gasteiger partial charge in [-0.3, -0.25) is 0 Å². The molecule has 0 radical (unpaired) electrons. The lowest BCUT2D eigenvalue weighted by Gasteiger charge is -2.16. The highest BCUT2D eigenvalue weighted by Crippen LogP contribution is 2.36. The molecule has 2 aromatic rings. The van der Waals surface area contributed by atoms with E-state index >= 15 is 0 Å². The number of rotatable bonds is 6. The molecule has 5 nitrogen and oxygen atoms in total. The summed E-state index contributed by atoms with van der Waals surface area (Å²) in [4.78, 5) is 16.6. The molecule has 0 aromatic heterocycles. The second kappa shape index (κ2) is 9.09. The van der Waals surface area contributed by atoms with Crippen molar-refractivity contribution in [2.24, 2.45) is 4.99 Å². The molecule has 0 unspecified atom stereocenters. The van der Waals surface area contributed by atoms with Crippen LogP contribution in [0.4, 0.5) is 0 Å². The fraction of sp³-hybridized carbons (Fsp3) is 0.238. The van der Waals surface area contributed by atoms with Crippen molar-refractivity contribution in [3.05, 3.63) is 61.3 Å². The highest BCUT2D eigenvalue weighted by molar-refractivity contribution is 14.1. The minimum Gasteiger partial charge on any atom is -0.490 e. The van der Waals surface area contributed by atoms with E-state index in [-0.39, 0.29) is 11.8 Å². The van der Waals surface area contributed by atoms with Gasteiger partial charge in [0, 0.05) is 10.0 Å². The molecule has 0 spiro atoms. The van der Waals surface area contributed by atoms with Crippen LogP contribution in [0.2, 0.25) is 0 Å². The van der Waals surface area contributed by atoms with E-state index in [1.165, 1.54) is 0 Å². The maximum absolute atomic E-state index is 12.3.